The Hall–Kier alpha value is -1.62. The van der Waals surface area contributed by atoms with Gasteiger partial charge >= 0.3 is 0 Å². The summed E-state index contributed by atoms with van der Waals surface area (Å²) in [6.45, 7) is 2.20. The third-order valence-electron chi connectivity index (χ3n) is 3.14. The fourth-order valence-electron chi connectivity index (χ4n) is 2.20. The summed E-state index contributed by atoms with van der Waals surface area (Å²) in [6, 6.07) is 6.24. The molecule has 0 aromatic carbocycles. The van der Waals surface area contributed by atoms with Crippen molar-refractivity contribution in [1.29, 1.82) is 0 Å². The maximum atomic E-state index is 4.55. The van der Waals surface area contributed by atoms with Gasteiger partial charge in [0.1, 0.15) is 5.82 Å². The van der Waals surface area contributed by atoms with E-state index >= 15 is 0 Å². The van der Waals surface area contributed by atoms with E-state index < -0.39 is 0 Å². The second-order valence-corrected chi connectivity index (χ2v) is 5.30. The second-order valence-electron chi connectivity index (χ2n) is 4.36. The summed E-state index contributed by atoms with van der Waals surface area (Å²) in [5.74, 6) is 1.73. The predicted molar refractivity (Wildman–Crippen MR) is 76.3 cm³/mol. The third kappa shape index (κ3) is 2.18. The number of thiophene rings is 1. The molecule has 4 nitrogen and oxygen atoms in total. The van der Waals surface area contributed by atoms with E-state index in [0.717, 1.165) is 24.6 Å². The van der Waals surface area contributed by atoms with Crippen LogP contribution in [-0.4, -0.2) is 30.1 Å². The third-order valence-corrected chi connectivity index (χ3v) is 4.03. The number of aromatic nitrogens is 2. The van der Waals surface area contributed by atoms with Crippen LogP contribution in [0.1, 0.15) is 12.8 Å². The first-order chi connectivity index (χ1) is 8.86. The van der Waals surface area contributed by atoms with Gasteiger partial charge < -0.3 is 10.2 Å². The number of anilines is 2. The van der Waals surface area contributed by atoms with E-state index in [4.69, 9.17) is 0 Å². The van der Waals surface area contributed by atoms with E-state index in [2.05, 4.69) is 43.8 Å². The molecule has 0 saturated carbocycles. The minimum Gasteiger partial charge on any atom is -0.357 e. The van der Waals surface area contributed by atoms with Crippen LogP contribution >= 0.6 is 11.3 Å². The summed E-state index contributed by atoms with van der Waals surface area (Å²) >= 11 is 1.71. The number of nitrogens with zero attached hydrogens (tertiary/aromatic N) is 3. The molecular formula is C13H16N4S. The van der Waals surface area contributed by atoms with E-state index in [1.807, 2.05) is 7.05 Å². The van der Waals surface area contributed by atoms with E-state index in [9.17, 15) is 0 Å². The quantitative estimate of drug-likeness (QED) is 0.921. The van der Waals surface area contributed by atoms with Crippen LogP contribution in [0.25, 0.3) is 10.6 Å². The van der Waals surface area contributed by atoms with Crippen molar-refractivity contribution < 1.29 is 0 Å². The minimum absolute atomic E-state index is 0.697. The summed E-state index contributed by atoms with van der Waals surface area (Å²) in [5, 5.41) is 5.12. The van der Waals surface area contributed by atoms with Crippen LogP contribution in [0.3, 0.4) is 0 Å². The fourth-order valence-corrected chi connectivity index (χ4v) is 2.89. The highest BCUT2D eigenvalue weighted by Crippen LogP contribution is 2.28. The highest BCUT2D eigenvalue weighted by Gasteiger charge is 2.16. The van der Waals surface area contributed by atoms with E-state index in [1.54, 1.807) is 11.3 Å². The average Bonchev–Trinajstić information content (AvgIpc) is 3.10. The zero-order chi connectivity index (χ0) is 12.4. The SMILES string of the molecule is CNc1nc(-c2cccs2)cc(N2CCCC2)n1. The van der Waals surface area contributed by atoms with Crippen LogP contribution in [0, 0.1) is 0 Å². The van der Waals surface area contributed by atoms with Crippen molar-refractivity contribution in [2.45, 2.75) is 12.8 Å². The lowest BCUT2D eigenvalue weighted by atomic mass is 10.3. The fraction of sp³-hybridized carbons (Fsp3) is 0.385. The smallest absolute Gasteiger partial charge is 0.224 e. The summed E-state index contributed by atoms with van der Waals surface area (Å²) < 4.78 is 0. The second kappa shape index (κ2) is 4.94. The lowest BCUT2D eigenvalue weighted by Gasteiger charge is -2.17. The molecular weight excluding hydrogens is 244 g/mol. The Labute approximate surface area is 111 Å². The molecule has 1 fully saturated rings. The van der Waals surface area contributed by atoms with Crippen molar-refractivity contribution in [2.75, 3.05) is 30.4 Å². The molecule has 0 bridgehead atoms. The van der Waals surface area contributed by atoms with Crippen LogP contribution in [0.2, 0.25) is 0 Å². The highest BCUT2D eigenvalue weighted by molar-refractivity contribution is 7.13. The zero-order valence-electron chi connectivity index (χ0n) is 10.4. The molecule has 0 atom stereocenters. The molecule has 2 aromatic heterocycles. The van der Waals surface area contributed by atoms with E-state index in [0.29, 0.717) is 5.95 Å². The topological polar surface area (TPSA) is 41.1 Å². The maximum absolute atomic E-state index is 4.55. The Bertz CT molecular complexity index is 518. The molecule has 1 saturated heterocycles. The standard InChI is InChI=1S/C13H16N4S/c1-14-13-15-10(11-5-4-8-18-11)9-12(16-13)17-6-2-3-7-17/h4-5,8-9H,2-3,6-7H2,1H3,(H,14,15,16). The van der Waals surface area contributed by atoms with Gasteiger partial charge in [-0.25, -0.2) is 4.98 Å². The number of hydrogen-bond acceptors (Lipinski definition) is 5. The van der Waals surface area contributed by atoms with Gasteiger partial charge in [-0.2, -0.15) is 4.98 Å². The molecule has 18 heavy (non-hydrogen) atoms. The Kier molecular flexibility index (Phi) is 3.15. The summed E-state index contributed by atoms with van der Waals surface area (Å²) in [6.07, 6.45) is 2.51. The van der Waals surface area contributed by atoms with Crippen LogP contribution in [-0.2, 0) is 0 Å². The van der Waals surface area contributed by atoms with E-state index in [-0.39, 0.29) is 0 Å². The normalized spacial score (nSPS) is 15.1. The van der Waals surface area contributed by atoms with Gasteiger partial charge in [0, 0.05) is 26.2 Å². The molecule has 5 heteroatoms. The van der Waals surface area contributed by atoms with Crippen molar-refractivity contribution in [3.05, 3.63) is 23.6 Å². The molecule has 0 amide bonds. The average molecular weight is 260 g/mol. The van der Waals surface area contributed by atoms with Crippen LogP contribution in [0.15, 0.2) is 23.6 Å². The van der Waals surface area contributed by atoms with Gasteiger partial charge in [0.15, 0.2) is 0 Å². The van der Waals surface area contributed by atoms with Crippen LogP contribution < -0.4 is 10.2 Å². The summed E-state index contributed by atoms with van der Waals surface area (Å²) in [4.78, 5) is 12.6. The van der Waals surface area contributed by atoms with E-state index in [1.165, 1.54) is 17.7 Å². The molecule has 1 aliphatic rings. The van der Waals surface area contributed by atoms with Crippen LogP contribution in [0.4, 0.5) is 11.8 Å². The highest BCUT2D eigenvalue weighted by atomic mass is 32.1. The molecule has 1 N–H and O–H groups in total. The van der Waals surface area contributed by atoms with Crippen molar-refractivity contribution in [3.8, 4) is 10.6 Å². The summed E-state index contributed by atoms with van der Waals surface area (Å²) in [5.41, 5.74) is 1.01. The first-order valence-electron chi connectivity index (χ1n) is 6.22. The Balaban J connectivity index is 2.01. The molecule has 1 aliphatic heterocycles. The van der Waals surface area contributed by atoms with Gasteiger partial charge in [0.25, 0.3) is 0 Å². The zero-order valence-corrected chi connectivity index (χ0v) is 11.2. The maximum Gasteiger partial charge on any atom is 0.224 e. The molecule has 0 radical (unpaired) electrons. The molecule has 0 spiro atoms. The van der Waals surface area contributed by atoms with Gasteiger partial charge in [-0.15, -0.1) is 11.3 Å². The van der Waals surface area contributed by atoms with Crippen molar-refractivity contribution >= 4 is 23.1 Å². The summed E-state index contributed by atoms with van der Waals surface area (Å²) in [7, 11) is 1.86. The number of rotatable bonds is 3. The first-order valence-corrected chi connectivity index (χ1v) is 7.10. The van der Waals surface area contributed by atoms with Crippen molar-refractivity contribution in [2.24, 2.45) is 0 Å². The van der Waals surface area contributed by atoms with Gasteiger partial charge in [-0.1, -0.05) is 6.07 Å². The van der Waals surface area contributed by atoms with Crippen molar-refractivity contribution in [1.82, 2.24) is 9.97 Å². The van der Waals surface area contributed by atoms with Gasteiger partial charge in [-0.05, 0) is 24.3 Å². The molecule has 2 aromatic rings. The van der Waals surface area contributed by atoms with Gasteiger partial charge in [0.05, 0.1) is 10.6 Å². The van der Waals surface area contributed by atoms with Gasteiger partial charge in [0.2, 0.25) is 5.95 Å². The predicted octanol–water partition coefficient (Wildman–Crippen LogP) is 2.85. The Morgan fingerprint density at radius 2 is 2.11 bits per heavy atom. The largest absolute Gasteiger partial charge is 0.357 e. The molecule has 3 rings (SSSR count). The Morgan fingerprint density at radius 1 is 1.28 bits per heavy atom. The minimum atomic E-state index is 0.697. The van der Waals surface area contributed by atoms with Gasteiger partial charge in [-0.3, -0.25) is 0 Å². The first kappa shape index (κ1) is 11.5. The lowest BCUT2D eigenvalue weighted by Crippen LogP contribution is -2.19. The Morgan fingerprint density at radius 3 is 2.78 bits per heavy atom. The number of nitrogens with one attached hydrogen (secondary N) is 1. The molecule has 0 unspecified atom stereocenters. The lowest BCUT2D eigenvalue weighted by molar-refractivity contribution is 0.930. The molecule has 94 valence electrons. The molecule has 0 aliphatic carbocycles. The van der Waals surface area contributed by atoms with Crippen molar-refractivity contribution in [3.63, 3.8) is 0 Å². The monoisotopic (exact) mass is 260 g/mol. The molecule has 3 heterocycles. The number of hydrogen-bond donors (Lipinski definition) is 1. The van der Waals surface area contributed by atoms with Crippen LogP contribution in [0.5, 0.6) is 0 Å².